The molecule has 1 aliphatic rings. The van der Waals surface area contributed by atoms with Crippen molar-refractivity contribution in [2.75, 3.05) is 5.32 Å². The van der Waals surface area contributed by atoms with Gasteiger partial charge in [-0.05, 0) is 30.2 Å². The van der Waals surface area contributed by atoms with Gasteiger partial charge >= 0.3 is 0 Å². The number of anilines is 1. The molecule has 1 aliphatic carbocycles. The Morgan fingerprint density at radius 1 is 1.14 bits per heavy atom. The van der Waals surface area contributed by atoms with E-state index in [9.17, 15) is 22.4 Å². The van der Waals surface area contributed by atoms with Crippen LogP contribution in [-0.4, -0.2) is 5.91 Å². The van der Waals surface area contributed by atoms with Gasteiger partial charge in [0.25, 0.3) is 0 Å². The highest BCUT2D eigenvalue weighted by Gasteiger charge is 2.60. The first-order valence-electron chi connectivity index (χ1n) is 8.85. The van der Waals surface area contributed by atoms with E-state index in [0.717, 1.165) is 11.6 Å². The zero-order valence-electron chi connectivity index (χ0n) is 15.3. The third-order valence-electron chi connectivity index (χ3n) is 5.12. The van der Waals surface area contributed by atoms with E-state index in [1.807, 2.05) is 49.5 Å². The van der Waals surface area contributed by atoms with Gasteiger partial charge in [-0.3, -0.25) is 4.79 Å². The predicted molar refractivity (Wildman–Crippen MR) is 95.3 cm³/mol. The molecule has 1 amide bonds. The lowest BCUT2D eigenvalue weighted by molar-refractivity contribution is -0.122. The molecule has 2 atom stereocenters. The number of nitrogens with one attached hydrogen (secondary N) is 1. The van der Waals surface area contributed by atoms with Crippen molar-refractivity contribution in [1.29, 1.82) is 5.26 Å². The smallest absolute Gasteiger partial charge is 0.231 e. The summed E-state index contributed by atoms with van der Waals surface area (Å²) in [6.45, 7) is 3.83. The Kier molecular flexibility index (Phi) is 5.16. The molecule has 0 aromatic heterocycles. The number of benzene rings is 2. The van der Waals surface area contributed by atoms with Crippen molar-refractivity contribution in [1.82, 2.24) is 0 Å². The van der Waals surface area contributed by atoms with E-state index in [1.165, 1.54) is 0 Å². The molecule has 1 N–H and O–H groups in total. The van der Waals surface area contributed by atoms with E-state index in [2.05, 4.69) is 0 Å². The van der Waals surface area contributed by atoms with Crippen molar-refractivity contribution in [3.8, 4) is 6.07 Å². The number of amides is 1. The number of carbonyl (C=O) groups excluding carboxylic acids is 1. The summed E-state index contributed by atoms with van der Waals surface area (Å²) in [6, 6.07) is 10.3. The highest BCUT2D eigenvalue weighted by atomic mass is 19.2. The first kappa shape index (κ1) is 19.9. The maximum atomic E-state index is 14.2. The van der Waals surface area contributed by atoms with E-state index < -0.39 is 45.8 Å². The van der Waals surface area contributed by atoms with Gasteiger partial charge in [0.05, 0.1) is 5.41 Å². The van der Waals surface area contributed by atoms with Crippen LogP contribution in [0, 0.1) is 45.9 Å². The van der Waals surface area contributed by atoms with Crippen LogP contribution in [0.2, 0.25) is 0 Å². The fourth-order valence-corrected chi connectivity index (χ4v) is 3.80. The summed E-state index contributed by atoms with van der Waals surface area (Å²) in [5, 5.41) is 10.7. The SMILES string of the molecule is CC(C)C[C@]1(C(=O)Nc2c(F)c(F)c(C#N)c(F)c2F)C[C@H]1c1ccccc1. The minimum absolute atomic E-state index is 0.114. The van der Waals surface area contributed by atoms with Gasteiger partial charge in [0.2, 0.25) is 5.91 Å². The zero-order valence-corrected chi connectivity index (χ0v) is 15.3. The molecule has 2 aromatic rings. The van der Waals surface area contributed by atoms with Crippen molar-refractivity contribution >= 4 is 11.6 Å². The van der Waals surface area contributed by atoms with Crippen LogP contribution in [0.4, 0.5) is 23.2 Å². The lowest BCUT2D eigenvalue weighted by Gasteiger charge is -2.20. The number of carbonyl (C=O) groups is 1. The van der Waals surface area contributed by atoms with Crippen molar-refractivity contribution in [3.63, 3.8) is 0 Å². The first-order chi connectivity index (χ1) is 13.2. The number of hydrogen-bond acceptors (Lipinski definition) is 2. The minimum atomic E-state index is -1.83. The molecule has 146 valence electrons. The molecule has 0 spiro atoms. The Bertz CT molecular complexity index is 940. The minimum Gasteiger partial charge on any atom is -0.320 e. The molecule has 0 heterocycles. The van der Waals surface area contributed by atoms with Crippen molar-refractivity contribution in [2.45, 2.75) is 32.6 Å². The fourth-order valence-electron chi connectivity index (χ4n) is 3.80. The van der Waals surface area contributed by atoms with Crippen LogP contribution in [-0.2, 0) is 4.79 Å². The predicted octanol–water partition coefficient (Wildman–Crippen LogP) is 5.27. The summed E-state index contributed by atoms with van der Waals surface area (Å²) in [7, 11) is 0. The molecular weight excluding hydrogens is 372 g/mol. The molecule has 2 aromatic carbocycles. The van der Waals surface area contributed by atoms with E-state index in [0.29, 0.717) is 12.8 Å². The van der Waals surface area contributed by atoms with Crippen LogP contribution >= 0.6 is 0 Å². The maximum absolute atomic E-state index is 14.2. The molecule has 1 saturated carbocycles. The summed E-state index contributed by atoms with van der Waals surface area (Å²) in [5.74, 6) is -7.98. The average Bonchev–Trinajstić information content (AvgIpc) is 3.39. The average molecular weight is 390 g/mol. The summed E-state index contributed by atoms with van der Waals surface area (Å²) in [4.78, 5) is 12.9. The van der Waals surface area contributed by atoms with Crippen LogP contribution in [0.3, 0.4) is 0 Å². The lowest BCUT2D eigenvalue weighted by Crippen LogP contribution is -2.28. The molecule has 0 unspecified atom stereocenters. The normalized spacial score (nSPS) is 20.7. The summed E-state index contributed by atoms with van der Waals surface area (Å²) in [6.07, 6.45) is 0.911. The Morgan fingerprint density at radius 3 is 2.21 bits per heavy atom. The molecule has 0 aliphatic heterocycles. The summed E-state index contributed by atoms with van der Waals surface area (Å²) < 4.78 is 56.1. The van der Waals surface area contributed by atoms with Crippen LogP contribution in [0.25, 0.3) is 0 Å². The topological polar surface area (TPSA) is 52.9 Å². The number of nitrogens with zero attached hydrogens (tertiary/aromatic N) is 1. The molecule has 0 radical (unpaired) electrons. The standard InChI is InChI=1S/C21H18F4N2O/c1-11(2)8-21(9-14(21)12-6-4-3-5-7-12)20(28)27-19-17(24)15(22)13(10-26)16(23)18(19)25/h3-7,11,14H,8-9H2,1-2H3,(H,27,28)/t14-,21-/m0/s1. The number of nitriles is 1. The third-order valence-corrected chi connectivity index (χ3v) is 5.12. The molecule has 3 rings (SSSR count). The first-order valence-corrected chi connectivity index (χ1v) is 8.85. The van der Waals surface area contributed by atoms with Crippen LogP contribution in [0.15, 0.2) is 30.3 Å². The Labute approximate surface area is 160 Å². The Hall–Kier alpha value is -2.88. The van der Waals surface area contributed by atoms with Gasteiger partial charge in [0, 0.05) is 0 Å². The number of hydrogen-bond donors (Lipinski definition) is 1. The van der Waals surface area contributed by atoms with Gasteiger partial charge in [-0.25, -0.2) is 17.6 Å². The lowest BCUT2D eigenvalue weighted by atomic mass is 9.88. The van der Waals surface area contributed by atoms with Crippen molar-refractivity contribution in [2.24, 2.45) is 11.3 Å². The van der Waals surface area contributed by atoms with Crippen LogP contribution in [0.1, 0.15) is 43.7 Å². The molecule has 3 nitrogen and oxygen atoms in total. The summed E-state index contributed by atoms with van der Waals surface area (Å²) in [5.41, 5.74) is -2.58. The van der Waals surface area contributed by atoms with Crippen molar-refractivity contribution < 1.29 is 22.4 Å². The van der Waals surface area contributed by atoms with E-state index >= 15 is 0 Å². The molecule has 28 heavy (non-hydrogen) atoms. The van der Waals surface area contributed by atoms with Gasteiger partial charge in [-0.1, -0.05) is 44.2 Å². The van der Waals surface area contributed by atoms with Gasteiger partial charge in [-0.15, -0.1) is 0 Å². The molecular formula is C21H18F4N2O. The van der Waals surface area contributed by atoms with E-state index in [1.54, 1.807) is 0 Å². The molecule has 7 heteroatoms. The second kappa shape index (κ2) is 7.27. The van der Waals surface area contributed by atoms with Gasteiger partial charge in [0.15, 0.2) is 23.3 Å². The zero-order chi connectivity index (χ0) is 20.6. The quantitative estimate of drug-likeness (QED) is 0.558. The van der Waals surface area contributed by atoms with Gasteiger partial charge < -0.3 is 5.32 Å². The van der Waals surface area contributed by atoms with Crippen molar-refractivity contribution in [3.05, 3.63) is 64.7 Å². The third kappa shape index (κ3) is 3.24. The van der Waals surface area contributed by atoms with E-state index in [-0.39, 0.29) is 11.8 Å². The van der Waals surface area contributed by atoms with E-state index in [4.69, 9.17) is 5.26 Å². The van der Waals surface area contributed by atoms with Crippen LogP contribution in [0.5, 0.6) is 0 Å². The molecule has 0 saturated heterocycles. The largest absolute Gasteiger partial charge is 0.320 e. The van der Waals surface area contributed by atoms with Crippen LogP contribution < -0.4 is 5.32 Å². The highest BCUT2D eigenvalue weighted by Crippen LogP contribution is 2.63. The second-order valence-electron chi connectivity index (χ2n) is 7.49. The Balaban J connectivity index is 1.96. The summed E-state index contributed by atoms with van der Waals surface area (Å²) >= 11 is 0. The highest BCUT2D eigenvalue weighted by molar-refractivity contribution is 5.98. The maximum Gasteiger partial charge on any atom is 0.231 e. The number of rotatable bonds is 5. The monoisotopic (exact) mass is 390 g/mol. The number of halogens is 4. The second-order valence-corrected chi connectivity index (χ2v) is 7.49. The fraction of sp³-hybridized carbons (Fsp3) is 0.333. The Morgan fingerprint density at radius 2 is 1.71 bits per heavy atom. The van der Waals surface area contributed by atoms with Gasteiger partial charge in [-0.2, -0.15) is 5.26 Å². The van der Waals surface area contributed by atoms with Gasteiger partial charge in [0.1, 0.15) is 17.3 Å². The molecule has 1 fully saturated rings. The molecule has 0 bridgehead atoms.